The highest BCUT2D eigenvalue weighted by Crippen LogP contribution is 2.64. The molecule has 4 heterocycles. The van der Waals surface area contributed by atoms with Crippen molar-refractivity contribution in [2.24, 2.45) is 11.8 Å². The van der Waals surface area contributed by atoms with Gasteiger partial charge in [0.05, 0.1) is 43.3 Å². The summed E-state index contributed by atoms with van der Waals surface area (Å²) in [6.45, 7) is 10.3. The summed E-state index contributed by atoms with van der Waals surface area (Å²) >= 11 is 0. The van der Waals surface area contributed by atoms with Crippen molar-refractivity contribution in [1.82, 2.24) is 20.4 Å². The molecule has 2 unspecified atom stereocenters. The minimum Gasteiger partial charge on any atom is -0.394 e. The molecule has 10 heteroatoms. The van der Waals surface area contributed by atoms with Crippen LogP contribution in [0.1, 0.15) is 52.9 Å². The van der Waals surface area contributed by atoms with Crippen molar-refractivity contribution in [3.05, 3.63) is 0 Å². The maximum atomic E-state index is 14.0. The highest BCUT2D eigenvalue weighted by atomic mass is 16.5. The third-order valence-corrected chi connectivity index (χ3v) is 8.61. The lowest BCUT2D eigenvalue weighted by Crippen LogP contribution is -2.58. The Morgan fingerprint density at radius 1 is 1.11 bits per heavy atom. The lowest BCUT2D eigenvalue weighted by molar-refractivity contribution is -0.151. The van der Waals surface area contributed by atoms with Crippen LogP contribution in [0.25, 0.3) is 0 Å². The van der Waals surface area contributed by atoms with Crippen LogP contribution in [0.2, 0.25) is 0 Å². The fourth-order valence-corrected chi connectivity index (χ4v) is 6.78. The molecule has 4 rings (SSSR count). The van der Waals surface area contributed by atoms with E-state index >= 15 is 0 Å². The van der Waals surface area contributed by atoms with Gasteiger partial charge >= 0.3 is 0 Å². The van der Waals surface area contributed by atoms with Gasteiger partial charge in [0.15, 0.2) is 0 Å². The van der Waals surface area contributed by atoms with Crippen molar-refractivity contribution >= 4 is 17.7 Å². The molecule has 3 N–H and O–H groups in total. The summed E-state index contributed by atoms with van der Waals surface area (Å²) in [6.07, 6.45) is 3.10. The van der Waals surface area contributed by atoms with Gasteiger partial charge in [-0.25, -0.2) is 0 Å². The zero-order valence-corrected chi connectivity index (χ0v) is 21.4. The number of hydrogen-bond donors (Lipinski definition) is 3. The van der Waals surface area contributed by atoms with Gasteiger partial charge in [-0.15, -0.1) is 0 Å². The molecule has 198 valence electrons. The van der Waals surface area contributed by atoms with Gasteiger partial charge in [0.25, 0.3) is 0 Å². The number of aliphatic hydroxyl groups is 1. The van der Waals surface area contributed by atoms with Gasteiger partial charge in [0.1, 0.15) is 11.6 Å². The molecule has 0 aromatic heterocycles. The predicted octanol–water partition coefficient (Wildman–Crippen LogP) is -0.113. The average Bonchev–Trinajstić information content (AvgIpc) is 3.48. The van der Waals surface area contributed by atoms with E-state index in [1.54, 1.807) is 4.90 Å². The fourth-order valence-electron chi connectivity index (χ4n) is 6.78. The Labute approximate surface area is 208 Å². The molecular formula is C25H42N4O6. The number of rotatable bonds is 11. The van der Waals surface area contributed by atoms with Gasteiger partial charge in [0, 0.05) is 32.7 Å². The van der Waals surface area contributed by atoms with E-state index < -0.39 is 35.1 Å². The number of aliphatic hydroxyl groups excluding tert-OH is 1. The number of fused-ring (bicyclic) bond motifs is 1. The molecule has 3 amide bonds. The standard InChI is InChI=1S/C25H42N4O6/c1-4-9-26-21(31)18-19-23(33)29(17(5-2)16-30)20(25(19)8-7-24(18,6-3)35-25)22(32)27-10-11-28-12-14-34-15-13-28/h17-20,30H,4-16H2,1-3H3,(H,26,31)(H,27,32)/t17-,18+,19-,20?,24-,25?/m0/s1. The number of ether oxygens (including phenoxy) is 2. The maximum absolute atomic E-state index is 14.0. The van der Waals surface area contributed by atoms with Crippen molar-refractivity contribution < 1.29 is 29.0 Å². The topological polar surface area (TPSA) is 120 Å². The average molecular weight is 495 g/mol. The van der Waals surface area contributed by atoms with E-state index in [2.05, 4.69) is 15.5 Å². The molecule has 4 saturated heterocycles. The number of likely N-dealkylation sites (tertiary alicyclic amines) is 1. The first kappa shape index (κ1) is 26.3. The predicted molar refractivity (Wildman–Crippen MR) is 128 cm³/mol. The van der Waals surface area contributed by atoms with Crippen LogP contribution < -0.4 is 10.6 Å². The van der Waals surface area contributed by atoms with Gasteiger partial charge in [0.2, 0.25) is 17.7 Å². The number of nitrogens with one attached hydrogen (secondary N) is 2. The highest BCUT2D eigenvalue weighted by Gasteiger charge is 2.79. The Kier molecular flexibility index (Phi) is 8.05. The summed E-state index contributed by atoms with van der Waals surface area (Å²) in [7, 11) is 0. The summed E-state index contributed by atoms with van der Waals surface area (Å²) in [5, 5.41) is 16.1. The Morgan fingerprint density at radius 3 is 2.46 bits per heavy atom. The van der Waals surface area contributed by atoms with Gasteiger partial charge < -0.3 is 30.1 Å². The molecule has 1 spiro atoms. The molecule has 0 radical (unpaired) electrons. The smallest absolute Gasteiger partial charge is 0.245 e. The van der Waals surface area contributed by atoms with Crippen LogP contribution in [0.3, 0.4) is 0 Å². The van der Waals surface area contributed by atoms with Crippen LogP contribution >= 0.6 is 0 Å². The molecule has 0 aromatic rings. The van der Waals surface area contributed by atoms with E-state index in [-0.39, 0.29) is 24.3 Å². The van der Waals surface area contributed by atoms with Crippen molar-refractivity contribution in [1.29, 1.82) is 0 Å². The third kappa shape index (κ3) is 4.36. The van der Waals surface area contributed by atoms with E-state index in [0.29, 0.717) is 58.5 Å². The fraction of sp³-hybridized carbons (Fsp3) is 0.880. The number of carbonyl (C=O) groups excluding carboxylic acids is 3. The SMILES string of the molecule is CCCNC(=O)[C@H]1[C@H]2C(=O)N([C@@H](CC)CO)C(C(=O)NCCN3CCOCC3)C23CC[C@]1(CC)O3. The van der Waals surface area contributed by atoms with Crippen LogP contribution in [0.4, 0.5) is 0 Å². The Bertz CT molecular complexity index is 801. The van der Waals surface area contributed by atoms with E-state index in [1.165, 1.54) is 0 Å². The Balaban J connectivity index is 1.62. The second kappa shape index (κ2) is 10.7. The quantitative estimate of drug-likeness (QED) is 0.366. The normalized spacial score (nSPS) is 35.3. The molecule has 6 atom stereocenters. The van der Waals surface area contributed by atoms with E-state index in [0.717, 1.165) is 19.5 Å². The molecule has 4 fully saturated rings. The van der Waals surface area contributed by atoms with Crippen molar-refractivity contribution in [3.63, 3.8) is 0 Å². The van der Waals surface area contributed by atoms with E-state index in [1.807, 2.05) is 20.8 Å². The summed E-state index contributed by atoms with van der Waals surface area (Å²) in [4.78, 5) is 44.8. The summed E-state index contributed by atoms with van der Waals surface area (Å²) in [5.74, 6) is -2.03. The Morgan fingerprint density at radius 2 is 1.83 bits per heavy atom. The minimum absolute atomic E-state index is 0.168. The lowest BCUT2D eigenvalue weighted by Gasteiger charge is -2.37. The van der Waals surface area contributed by atoms with E-state index in [9.17, 15) is 19.5 Å². The first-order valence-electron chi connectivity index (χ1n) is 13.4. The molecule has 0 aromatic carbocycles. The monoisotopic (exact) mass is 494 g/mol. The summed E-state index contributed by atoms with van der Waals surface area (Å²) < 4.78 is 12.1. The molecule has 4 aliphatic rings. The molecule has 4 aliphatic heterocycles. The number of carbonyl (C=O) groups is 3. The second-order valence-corrected chi connectivity index (χ2v) is 10.4. The van der Waals surface area contributed by atoms with Gasteiger partial charge in [-0.2, -0.15) is 0 Å². The highest BCUT2D eigenvalue weighted by molar-refractivity contribution is 5.99. The number of nitrogens with zero attached hydrogens (tertiary/aromatic N) is 2. The first-order valence-corrected chi connectivity index (χ1v) is 13.4. The van der Waals surface area contributed by atoms with Crippen molar-refractivity contribution in [2.45, 2.75) is 76.2 Å². The molecule has 0 saturated carbocycles. The number of morpholine rings is 1. The Hall–Kier alpha value is -1.75. The molecule has 2 bridgehead atoms. The van der Waals surface area contributed by atoms with E-state index in [4.69, 9.17) is 9.47 Å². The van der Waals surface area contributed by atoms with Crippen LogP contribution in [0.5, 0.6) is 0 Å². The lowest BCUT2D eigenvalue weighted by atomic mass is 9.65. The van der Waals surface area contributed by atoms with Crippen LogP contribution in [0.15, 0.2) is 0 Å². The van der Waals surface area contributed by atoms with Crippen LogP contribution in [-0.4, -0.2) is 108 Å². The largest absolute Gasteiger partial charge is 0.394 e. The molecular weight excluding hydrogens is 452 g/mol. The van der Waals surface area contributed by atoms with Crippen molar-refractivity contribution in [3.8, 4) is 0 Å². The molecule has 35 heavy (non-hydrogen) atoms. The maximum Gasteiger partial charge on any atom is 0.245 e. The zero-order valence-electron chi connectivity index (χ0n) is 21.4. The second-order valence-electron chi connectivity index (χ2n) is 10.4. The first-order chi connectivity index (χ1) is 16.9. The van der Waals surface area contributed by atoms with Gasteiger partial charge in [-0.05, 0) is 32.1 Å². The number of amides is 3. The summed E-state index contributed by atoms with van der Waals surface area (Å²) in [5.41, 5.74) is -1.79. The molecule has 10 nitrogen and oxygen atoms in total. The van der Waals surface area contributed by atoms with Crippen molar-refractivity contribution in [2.75, 3.05) is 52.5 Å². The van der Waals surface area contributed by atoms with Gasteiger partial charge in [-0.3, -0.25) is 19.3 Å². The zero-order chi connectivity index (χ0) is 25.2. The molecule has 0 aliphatic carbocycles. The van der Waals surface area contributed by atoms with Gasteiger partial charge in [-0.1, -0.05) is 20.8 Å². The number of hydrogen-bond acceptors (Lipinski definition) is 7. The van der Waals surface area contributed by atoms with Crippen LogP contribution in [-0.2, 0) is 23.9 Å². The minimum atomic E-state index is -1.05. The summed E-state index contributed by atoms with van der Waals surface area (Å²) in [6, 6.07) is -1.36. The third-order valence-electron chi connectivity index (χ3n) is 8.61. The van der Waals surface area contributed by atoms with Crippen LogP contribution in [0, 0.1) is 11.8 Å².